The highest BCUT2D eigenvalue weighted by Crippen LogP contribution is 2.36. The van der Waals surface area contributed by atoms with Gasteiger partial charge in [-0.05, 0) is 12.1 Å². The van der Waals surface area contributed by atoms with E-state index in [0.717, 1.165) is 5.65 Å². The molecule has 1 saturated heterocycles. The van der Waals surface area contributed by atoms with Crippen molar-refractivity contribution in [3.63, 3.8) is 0 Å². The molecule has 0 bridgehead atoms. The second kappa shape index (κ2) is 4.08. The van der Waals surface area contributed by atoms with Crippen molar-refractivity contribution in [2.24, 2.45) is 5.92 Å². The number of carbonyl (C=O) groups excluding carboxylic acids is 1. The Hall–Kier alpha value is -2.37. The van der Waals surface area contributed by atoms with Gasteiger partial charge < -0.3 is 14.4 Å². The van der Waals surface area contributed by atoms with E-state index in [1.54, 1.807) is 13.2 Å². The predicted molar refractivity (Wildman–Crippen MR) is 66.4 cm³/mol. The number of carboxylic acids is 1. The maximum Gasteiger partial charge on any atom is 0.309 e. The molecule has 6 heteroatoms. The number of hydrogen-bond donors (Lipinski definition) is 1. The molecule has 0 saturated carbocycles. The van der Waals surface area contributed by atoms with Crippen molar-refractivity contribution in [3.8, 4) is 0 Å². The average Bonchev–Trinajstić information content (AvgIpc) is 2.91. The van der Waals surface area contributed by atoms with Crippen molar-refractivity contribution in [1.82, 2.24) is 14.3 Å². The molecule has 3 heterocycles. The Morgan fingerprint density at radius 3 is 2.95 bits per heavy atom. The van der Waals surface area contributed by atoms with Gasteiger partial charge in [0.25, 0.3) is 0 Å². The molecule has 6 nitrogen and oxygen atoms in total. The summed E-state index contributed by atoms with van der Waals surface area (Å²) in [6.45, 7) is 0. The van der Waals surface area contributed by atoms with Crippen LogP contribution in [0.25, 0.3) is 5.65 Å². The SMILES string of the molecule is CN1C(=O)CC(C(=O)O)C1c1cn2ccccc2n1. The lowest BCUT2D eigenvalue weighted by atomic mass is 9.98. The molecule has 1 amide bonds. The summed E-state index contributed by atoms with van der Waals surface area (Å²) < 4.78 is 1.82. The molecule has 1 N–H and O–H groups in total. The molecule has 1 aliphatic heterocycles. The molecule has 2 unspecified atom stereocenters. The molecule has 19 heavy (non-hydrogen) atoms. The van der Waals surface area contributed by atoms with Crippen LogP contribution in [0, 0.1) is 5.92 Å². The average molecular weight is 259 g/mol. The maximum atomic E-state index is 11.7. The Balaban J connectivity index is 2.07. The zero-order valence-electron chi connectivity index (χ0n) is 10.4. The van der Waals surface area contributed by atoms with Crippen LogP contribution in [0.2, 0.25) is 0 Å². The van der Waals surface area contributed by atoms with E-state index in [-0.39, 0.29) is 12.3 Å². The largest absolute Gasteiger partial charge is 0.481 e. The molecule has 0 spiro atoms. The minimum absolute atomic E-state index is 0.0321. The predicted octanol–water partition coefficient (Wildman–Crippen LogP) is 0.938. The fourth-order valence-corrected chi connectivity index (χ4v) is 2.59. The number of amides is 1. The van der Waals surface area contributed by atoms with E-state index in [4.69, 9.17) is 0 Å². The van der Waals surface area contributed by atoms with Gasteiger partial charge in [0, 0.05) is 25.9 Å². The summed E-state index contributed by atoms with van der Waals surface area (Å²) >= 11 is 0. The molecule has 2 aromatic heterocycles. The second-order valence-electron chi connectivity index (χ2n) is 4.73. The van der Waals surface area contributed by atoms with E-state index < -0.39 is 17.9 Å². The van der Waals surface area contributed by atoms with Gasteiger partial charge in [0.2, 0.25) is 5.91 Å². The van der Waals surface area contributed by atoms with Crippen molar-refractivity contribution in [3.05, 3.63) is 36.3 Å². The van der Waals surface area contributed by atoms with Gasteiger partial charge in [0.15, 0.2) is 0 Å². The summed E-state index contributed by atoms with van der Waals surface area (Å²) in [5.74, 6) is -1.85. The number of imidazole rings is 1. The summed E-state index contributed by atoms with van der Waals surface area (Å²) in [5, 5.41) is 9.24. The smallest absolute Gasteiger partial charge is 0.309 e. The first-order valence-corrected chi connectivity index (χ1v) is 6.00. The summed E-state index contributed by atoms with van der Waals surface area (Å²) in [6, 6.07) is 5.08. The first-order chi connectivity index (χ1) is 9.08. The number of nitrogens with zero attached hydrogens (tertiary/aromatic N) is 3. The van der Waals surface area contributed by atoms with Crippen LogP contribution in [0.15, 0.2) is 30.6 Å². The molecular weight excluding hydrogens is 246 g/mol. The van der Waals surface area contributed by atoms with Crippen molar-refractivity contribution in [1.29, 1.82) is 0 Å². The quantitative estimate of drug-likeness (QED) is 0.870. The maximum absolute atomic E-state index is 11.7. The monoisotopic (exact) mass is 259 g/mol. The number of likely N-dealkylation sites (tertiary alicyclic amines) is 1. The van der Waals surface area contributed by atoms with E-state index in [1.165, 1.54) is 4.90 Å². The van der Waals surface area contributed by atoms with Crippen molar-refractivity contribution in [2.75, 3.05) is 7.05 Å². The molecule has 98 valence electrons. The first-order valence-electron chi connectivity index (χ1n) is 6.00. The van der Waals surface area contributed by atoms with Gasteiger partial charge in [-0.3, -0.25) is 9.59 Å². The molecule has 2 atom stereocenters. The summed E-state index contributed by atoms with van der Waals surface area (Å²) in [7, 11) is 1.62. The molecular formula is C13H13N3O3. The lowest BCUT2D eigenvalue weighted by Crippen LogP contribution is -2.27. The van der Waals surface area contributed by atoms with Gasteiger partial charge in [-0.2, -0.15) is 0 Å². The van der Waals surface area contributed by atoms with Crippen LogP contribution in [-0.2, 0) is 9.59 Å². The van der Waals surface area contributed by atoms with E-state index in [0.29, 0.717) is 5.69 Å². The van der Waals surface area contributed by atoms with Crippen molar-refractivity contribution in [2.45, 2.75) is 12.5 Å². The van der Waals surface area contributed by atoms with Gasteiger partial charge in [0.05, 0.1) is 17.7 Å². The van der Waals surface area contributed by atoms with Gasteiger partial charge in [-0.15, -0.1) is 0 Å². The van der Waals surface area contributed by atoms with Gasteiger partial charge >= 0.3 is 5.97 Å². The molecule has 0 aromatic carbocycles. The number of pyridine rings is 1. The molecule has 0 aliphatic carbocycles. The summed E-state index contributed by atoms with van der Waals surface area (Å²) in [5.41, 5.74) is 1.36. The zero-order chi connectivity index (χ0) is 13.6. The van der Waals surface area contributed by atoms with E-state index in [2.05, 4.69) is 4.98 Å². The Morgan fingerprint density at radius 2 is 2.26 bits per heavy atom. The van der Waals surface area contributed by atoms with Crippen LogP contribution < -0.4 is 0 Å². The third kappa shape index (κ3) is 1.76. The Labute approximate surface area is 109 Å². The Bertz CT molecular complexity index is 631. The lowest BCUT2D eigenvalue weighted by molar-refractivity contribution is -0.142. The van der Waals surface area contributed by atoms with Gasteiger partial charge in [-0.1, -0.05) is 6.07 Å². The number of aliphatic carboxylic acids is 1. The van der Waals surface area contributed by atoms with Gasteiger partial charge in [-0.25, -0.2) is 4.98 Å². The minimum Gasteiger partial charge on any atom is -0.481 e. The topological polar surface area (TPSA) is 74.9 Å². The number of rotatable bonds is 2. The van der Waals surface area contributed by atoms with Crippen LogP contribution in [0.5, 0.6) is 0 Å². The normalized spacial score (nSPS) is 23.2. The van der Waals surface area contributed by atoms with E-state index >= 15 is 0 Å². The molecule has 0 radical (unpaired) electrons. The third-order valence-electron chi connectivity index (χ3n) is 3.59. The fourth-order valence-electron chi connectivity index (χ4n) is 2.59. The highest BCUT2D eigenvalue weighted by molar-refractivity contribution is 5.87. The number of fused-ring (bicyclic) bond motifs is 1. The van der Waals surface area contributed by atoms with E-state index in [1.807, 2.05) is 28.8 Å². The standard InChI is InChI=1S/C13H13N3O3/c1-15-11(17)6-8(13(18)19)12(15)9-7-16-5-3-2-4-10(16)14-9/h2-5,7-8,12H,6H2,1H3,(H,18,19). The lowest BCUT2D eigenvalue weighted by Gasteiger charge is -2.20. The zero-order valence-corrected chi connectivity index (χ0v) is 10.4. The number of hydrogen-bond acceptors (Lipinski definition) is 3. The third-order valence-corrected chi connectivity index (χ3v) is 3.59. The van der Waals surface area contributed by atoms with Crippen molar-refractivity contribution < 1.29 is 14.7 Å². The Kier molecular flexibility index (Phi) is 2.51. The fraction of sp³-hybridized carbons (Fsp3) is 0.308. The summed E-state index contributed by atoms with van der Waals surface area (Å²) in [6.07, 6.45) is 3.66. The second-order valence-corrected chi connectivity index (χ2v) is 4.73. The number of carboxylic acid groups (broad SMARTS) is 1. The summed E-state index contributed by atoms with van der Waals surface area (Å²) in [4.78, 5) is 28.9. The Morgan fingerprint density at radius 1 is 1.47 bits per heavy atom. The van der Waals surface area contributed by atoms with Gasteiger partial charge in [0.1, 0.15) is 5.65 Å². The molecule has 1 aliphatic rings. The minimum atomic E-state index is -0.959. The van der Waals surface area contributed by atoms with Crippen LogP contribution >= 0.6 is 0 Å². The number of aromatic nitrogens is 2. The van der Waals surface area contributed by atoms with Crippen LogP contribution in [0.4, 0.5) is 0 Å². The highest BCUT2D eigenvalue weighted by atomic mass is 16.4. The van der Waals surface area contributed by atoms with Crippen LogP contribution in [0.3, 0.4) is 0 Å². The van der Waals surface area contributed by atoms with Crippen LogP contribution in [-0.4, -0.2) is 38.3 Å². The first kappa shape index (κ1) is 11.7. The molecule has 2 aromatic rings. The molecule has 3 rings (SSSR count). The number of carbonyl (C=O) groups is 2. The molecule has 1 fully saturated rings. The van der Waals surface area contributed by atoms with Crippen molar-refractivity contribution >= 4 is 17.5 Å². The van der Waals surface area contributed by atoms with E-state index in [9.17, 15) is 14.7 Å². The van der Waals surface area contributed by atoms with Crippen LogP contribution in [0.1, 0.15) is 18.2 Å². The highest BCUT2D eigenvalue weighted by Gasteiger charge is 2.44.